The predicted octanol–water partition coefficient (Wildman–Crippen LogP) is 9.15. The van der Waals surface area contributed by atoms with Gasteiger partial charge in [-0.05, 0) is 38.5 Å². The molecule has 63 heavy (non-hydrogen) atoms. The van der Waals surface area contributed by atoms with Gasteiger partial charge in [0, 0.05) is 0 Å². The third kappa shape index (κ3) is 30.6. The largest absolute Gasteiger partial charge is 0.472 e. The van der Waals surface area contributed by atoms with E-state index in [1.54, 1.807) is 0 Å². The maximum absolute atomic E-state index is 13.1. The van der Waals surface area contributed by atoms with E-state index in [-0.39, 0.29) is 12.8 Å². The molecule has 0 radical (unpaired) electrons. The molecule has 1 saturated carbocycles. The van der Waals surface area contributed by atoms with E-state index in [2.05, 4.69) is 43.5 Å². The number of aliphatic hydroxyl groups excluding tert-OH is 7. The van der Waals surface area contributed by atoms with Crippen LogP contribution in [0.25, 0.3) is 0 Å². The van der Waals surface area contributed by atoms with Crippen molar-refractivity contribution in [2.75, 3.05) is 6.61 Å². The monoisotopic (exact) mass is 920 g/mol. The second-order valence-electron chi connectivity index (χ2n) is 18.2. The highest BCUT2D eigenvalue weighted by atomic mass is 31.2. The van der Waals surface area contributed by atoms with Gasteiger partial charge in [-0.1, -0.05) is 199 Å². The van der Waals surface area contributed by atoms with Crippen LogP contribution in [0.1, 0.15) is 219 Å². The number of rotatable bonds is 42. The minimum absolute atomic E-state index is 0.221. The number of amides is 1. The van der Waals surface area contributed by atoms with Gasteiger partial charge in [0.25, 0.3) is 0 Å². The number of aliphatic hydroxyl groups is 7. The zero-order valence-corrected chi connectivity index (χ0v) is 40.4. The molecule has 8 atom stereocenters. The molecule has 1 rings (SSSR count). The van der Waals surface area contributed by atoms with Crippen molar-refractivity contribution in [3.8, 4) is 0 Å². The van der Waals surface area contributed by atoms with Crippen LogP contribution in [0.4, 0.5) is 0 Å². The lowest BCUT2D eigenvalue weighted by molar-refractivity contribution is -0.220. The fourth-order valence-electron chi connectivity index (χ4n) is 8.23. The van der Waals surface area contributed by atoms with Gasteiger partial charge in [0.15, 0.2) is 0 Å². The van der Waals surface area contributed by atoms with Gasteiger partial charge >= 0.3 is 7.82 Å². The van der Waals surface area contributed by atoms with Crippen LogP contribution in [0.2, 0.25) is 0 Å². The van der Waals surface area contributed by atoms with Gasteiger partial charge in [-0.3, -0.25) is 13.8 Å². The van der Waals surface area contributed by atoms with E-state index in [4.69, 9.17) is 9.05 Å². The number of phosphoric ester groups is 1. The molecule has 372 valence electrons. The minimum atomic E-state index is -5.12. The summed E-state index contributed by atoms with van der Waals surface area (Å²) in [6.07, 6.45) is 29.3. The van der Waals surface area contributed by atoms with Crippen molar-refractivity contribution in [2.45, 2.75) is 274 Å². The van der Waals surface area contributed by atoms with Crippen LogP contribution < -0.4 is 5.32 Å². The van der Waals surface area contributed by atoms with Crippen LogP contribution >= 0.6 is 7.82 Å². The van der Waals surface area contributed by atoms with Crippen molar-refractivity contribution in [3.63, 3.8) is 0 Å². The molecule has 0 heterocycles. The van der Waals surface area contributed by atoms with Crippen LogP contribution in [-0.2, 0) is 18.4 Å². The first kappa shape index (κ1) is 59.8. The Morgan fingerprint density at radius 1 is 0.571 bits per heavy atom. The molecule has 13 nitrogen and oxygen atoms in total. The molecular formula is C49H94NO12P. The lowest BCUT2D eigenvalue weighted by Gasteiger charge is -2.41. The molecular weight excluding hydrogens is 826 g/mol. The van der Waals surface area contributed by atoms with Gasteiger partial charge in [-0.2, -0.15) is 0 Å². The number of hydrogen-bond donors (Lipinski definition) is 9. The number of phosphoric acid groups is 1. The normalized spacial score (nSPS) is 23.0. The lowest BCUT2D eigenvalue weighted by Crippen LogP contribution is -2.64. The van der Waals surface area contributed by atoms with E-state index >= 15 is 0 Å². The van der Waals surface area contributed by atoms with E-state index in [0.717, 1.165) is 64.2 Å². The molecule has 9 N–H and O–H groups in total. The Morgan fingerprint density at radius 2 is 0.984 bits per heavy atom. The first-order valence-corrected chi connectivity index (χ1v) is 26.9. The van der Waals surface area contributed by atoms with E-state index in [9.17, 15) is 50.0 Å². The fraction of sp³-hybridized carbons (Fsp3) is 0.898. The Morgan fingerprint density at radius 3 is 1.46 bits per heavy atom. The first-order valence-electron chi connectivity index (χ1n) is 25.4. The second kappa shape index (κ2) is 38.8. The van der Waals surface area contributed by atoms with Gasteiger partial charge in [0.1, 0.15) is 36.6 Å². The van der Waals surface area contributed by atoms with Gasteiger partial charge < -0.3 is 46.0 Å². The van der Waals surface area contributed by atoms with Gasteiger partial charge in [0.2, 0.25) is 5.91 Å². The molecule has 1 aliphatic rings. The van der Waals surface area contributed by atoms with Crippen molar-refractivity contribution in [1.29, 1.82) is 0 Å². The summed E-state index contributed by atoms with van der Waals surface area (Å²) in [5.74, 6) is -0.560. The van der Waals surface area contributed by atoms with Gasteiger partial charge in [-0.15, -0.1) is 0 Å². The average molecular weight is 920 g/mol. The Balaban J connectivity index is 2.44. The standard InChI is InChI=1S/C49H94NO12P/c1-3-5-7-9-11-13-15-17-19-20-21-22-23-24-26-28-30-32-34-36-40(51)38-43(53)50-41(39-61-63(59,60)62-49-47(57)45(55)44(54)46(56)48(49)58)42(52)37-35-33-31-29-27-25-18-16-14-12-10-8-6-4-2/h5,7,11,13,40-42,44-49,51-52,54-58H,3-4,6,8-10,12,14-39H2,1-2H3,(H,50,53)(H,59,60)/b7-5-,13-11-. The molecule has 0 aromatic rings. The van der Waals surface area contributed by atoms with E-state index in [1.165, 1.54) is 116 Å². The summed E-state index contributed by atoms with van der Waals surface area (Å²) in [6.45, 7) is 3.70. The first-order chi connectivity index (χ1) is 30.3. The third-order valence-electron chi connectivity index (χ3n) is 12.3. The summed E-state index contributed by atoms with van der Waals surface area (Å²) in [5, 5.41) is 74.8. The van der Waals surface area contributed by atoms with Crippen molar-refractivity contribution in [3.05, 3.63) is 24.3 Å². The second-order valence-corrected chi connectivity index (χ2v) is 19.6. The molecule has 8 unspecified atom stereocenters. The van der Waals surface area contributed by atoms with Gasteiger partial charge in [0.05, 0.1) is 31.3 Å². The molecule has 1 amide bonds. The number of nitrogens with one attached hydrogen (secondary N) is 1. The maximum Gasteiger partial charge on any atom is 0.472 e. The molecule has 0 aromatic carbocycles. The number of hydrogen-bond acceptors (Lipinski definition) is 11. The zero-order chi connectivity index (χ0) is 46.6. The number of carbonyl (C=O) groups excluding carboxylic acids is 1. The highest BCUT2D eigenvalue weighted by molar-refractivity contribution is 7.47. The van der Waals surface area contributed by atoms with Crippen molar-refractivity contribution in [2.24, 2.45) is 0 Å². The summed E-state index contributed by atoms with van der Waals surface area (Å²) >= 11 is 0. The predicted molar refractivity (Wildman–Crippen MR) is 252 cm³/mol. The number of carbonyl (C=O) groups is 1. The topological polar surface area (TPSA) is 226 Å². The Labute approximate surface area is 382 Å². The summed E-state index contributed by atoms with van der Waals surface area (Å²) in [6, 6.07) is -1.15. The summed E-state index contributed by atoms with van der Waals surface area (Å²) < 4.78 is 23.0. The lowest BCUT2D eigenvalue weighted by atomic mass is 9.85. The van der Waals surface area contributed by atoms with Crippen LogP contribution in [0.3, 0.4) is 0 Å². The summed E-state index contributed by atoms with van der Waals surface area (Å²) in [4.78, 5) is 23.5. The molecule has 14 heteroatoms. The maximum atomic E-state index is 13.1. The Bertz CT molecular complexity index is 1180. The minimum Gasteiger partial charge on any atom is -0.393 e. The average Bonchev–Trinajstić information content (AvgIpc) is 3.26. The molecule has 0 spiro atoms. The van der Waals surface area contributed by atoms with Crippen LogP contribution in [-0.4, -0.2) is 108 Å². The van der Waals surface area contributed by atoms with Crippen molar-refractivity contribution in [1.82, 2.24) is 5.32 Å². The molecule has 1 fully saturated rings. The van der Waals surface area contributed by atoms with E-state index in [1.807, 2.05) is 0 Å². The third-order valence-corrected chi connectivity index (χ3v) is 13.3. The van der Waals surface area contributed by atoms with Crippen LogP contribution in [0.15, 0.2) is 24.3 Å². The number of unbranched alkanes of at least 4 members (excludes halogenated alkanes) is 25. The fourth-order valence-corrected chi connectivity index (χ4v) is 9.19. The van der Waals surface area contributed by atoms with E-state index < -0.39 is 75.2 Å². The van der Waals surface area contributed by atoms with E-state index in [0.29, 0.717) is 12.8 Å². The molecule has 1 aliphatic carbocycles. The molecule has 0 saturated heterocycles. The Kier molecular flexibility index (Phi) is 36.9. The summed E-state index contributed by atoms with van der Waals surface area (Å²) in [5.41, 5.74) is 0. The molecule has 0 aliphatic heterocycles. The van der Waals surface area contributed by atoms with Crippen molar-refractivity contribution < 1.29 is 59.0 Å². The quantitative estimate of drug-likeness (QED) is 0.0159. The van der Waals surface area contributed by atoms with Crippen molar-refractivity contribution >= 4 is 13.7 Å². The zero-order valence-electron chi connectivity index (χ0n) is 39.5. The molecule has 0 aromatic heterocycles. The highest BCUT2D eigenvalue weighted by Gasteiger charge is 2.51. The summed E-state index contributed by atoms with van der Waals surface area (Å²) in [7, 11) is -5.12. The number of allylic oxidation sites excluding steroid dienone is 4. The van der Waals surface area contributed by atoms with Gasteiger partial charge in [-0.25, -0.2) is 4.57 Å². The molecule has 0 bridgehead atoms. The van der Waals surface area contributed by atoms with Crippen LogP contribution in [0, 0.1) is 0 Å². The SMILES string of the molecule is CC/C=C\C/C=C\CCCCCCCCCCCCCCC(O)CC(=O)NC(COP(=O)(O)OC1C(O)C(O)C(O)C(O)C1O)C(O)CCCCCCCCCCCCCCCC. The highest BCUT2D eigenvalue weighted by Crippen LogP contribution is 2.47. The smallest absolute Gasteiger partial charge is 0.393 e. The Hall–Kier alpha value is -1.22. The van der Waals surface area contributed by atoms with Crippen LogP contribution in [0.5, 0.6) is 0 Å².